The average Bonchev–Trinajstić information content (AvgIpc) is 2.90. The Bertz CT molecular complexity index is 647. The fourth-order valence-corrected chi connectivity index (χ4v) is 3.94. The zero-order chi connectivity index (χ0) is 12.4. The molecule has 3 rings (SSSR count). The van der Waals surface area contributed by atoms with Crippen LogP contribution in [0.15, 0.2) is 54.6 Å². The number of hydrogen-bond acceptors (Lipinski definition) is 2. The SMILES string of the molecule is Clc1ccc(-c2nc(-c3ccccc3)[s+]s2)cc1. The Morgan fingerprint density at radius 1 is 0.889 bits per heavy atom. The summed E-state index contributed by atoms with van der Waals surface area (Å²) in [6.07, 6.45) is 0. The topological polar surface area (TPSA) is 12.9 Å². The lowest BCUT2D eigenvalue weighted by atomic mass is 10.2. The number of nitrogens with zero attached hydrogens (tertiary/aromatic N) is 1. The van der Waals surface area contributed by atoms with Gasteiger partial charge in [-0.1, -0.05) is 41.9 Å². The van der Waals surface area contributed by atoms with Gasteiger partial charge < -0.3 is 0 Å². The number of hydrogen-bond donors (Lipinski definition) is 0. The molecule has 0 aliphatic rings. The number of rotatable bonds is 2. The van der Waals surface area contributed by atoms with Crippen molar-refractivity contribution in [2.45, 2.75) is 0 Å². The molecule has 3 aromatic rings. The predicted octanol–water partition coefficient (Wildman–Crippen LogP) is 5.47. The van der Waals surface area contributed by atoms with E-state index in [1.807, 2.05) is 42.5 Å². The summed E-state index contributed by atoms with van der Waals surface area (Å²) in [5.41, 5.74) is 2.28. The van der Waals surface area contributed by atoms with Crippen LogP contribution in [-0.2, 0) is 0 Å². The normalized spacial score (nSPS) is 10.5. The van der Waals surface area contributed by atoms with Crippen molar-refractivity contribution in [3.63, 3.8) is 0 Å². The van der Waals surface area contributed by atoms with Crippen molar-refractivity contribution >= 4 is 32.3 Å². The molecule has 1 aromatic heterocycles. The minimum Gasteiger partial charge on any atom is -0.175 e. The fraction of sp³-hybridized carbons (Fsp3) is 0. The van der Waals surface area contributed by atoms with E-state index in [1.54, 1.807) is 20.7 Å². The van der Waals surface area contributed by atoms with E-state index in [0.717, 1.165) is 20.6 Å². The van der Waals surface area contributed by atoms with E-state index in [-0.39, 0.29) is 0 Å². The Morgan fingerprint density at radius 3 is 2.33 bits per heavy atom. The highest BCUT2D eigenvalue weighted by molar-refractivity contribution is 7.71. The molecule has 88 valence electrons. The van der Waals surface area contributed by atoms with Gasteiger partial charge in [0.1, 0.15) is 0 Å². The van der Waals surface area contributed by atoms with Gasteiger partial charge in [-0.15, -0.1) is 0 Å². The van der Waals surface area contributed by atoms with Crippen LogP contribution >= 0.6 is 32.3 Å². The second-order valence-corrected chi connectivity index (χ2v) is 6.30. The largest absolute Gasteiger partial charge is 0.348 e. The summed E-state index contributed by atoms with van der Waals surface area (Å²) in [5, 5.41) is 2.85. The molecule has 0 radical (unpaired) electrons. The number of benzene rings is 2. The van der Waals surface area contributed by atoms with Crippen molar-refractivity contribution in [1.29, 1.82) is 0 Å². The van der Waals surface area contributed by atoms with Crippen molar-refractivity contribution in [2.75, 3.05) is 0 Å². The molecule has 18 heavy (non-hydrogen) atoms. The molecule has 0 atom stereocenters. The van der Waals surface area contributed by atoms with Gasteiger partial charge in [-0.2, -0.15) is 4.98 Å². The second kappa shape index (κ2) is 5.14. The molecule has 0 unspecified atom stereocenters. The first kappa shape index (κ1) is 11.8. The van der Waals surface area contributed by atoms with E-state index in [2.05, 4.69) is 17.1 Å². The third-order valence-electron chi connectivity index (χ3n) is 2.51. The van der Waals surface area contributed by atoms with Gasteiger partial charge in [0.05, 0.1) is 5.56 Å². The maximum atomic E-state index is 5.89. The highest BCUT2D eigenvalue weighted by atomic mass is 35.5. The molecule has 0 amide bonds. The summed E-state index contributed by atoms with van der Waals surface area (Å²) < 4.78 is 0. The molecule has 2 aromatic carbocycles. The van der Waals surface area contributed by atoms with E-state index in [9.17, 15) is 0 Å². The first-order valence-corrected chi connectivity index (χ1v) is 7.97. The quantitative estimate of drug-likeness (QED) is 0.450. The van der Waals surface area contributed by atoms with Crippen LogP contribution in [0.2, 0.25) is 5.02 Å². The average molecular weight is 291 g/mol. The summed E-state index contributed by atoms with van der Waals surface area (Å²) in [5.74, 6) is 0. The summed E-state index contributed by atoms with van der Waals surface area (Å²) in [7, 11) is 3.39. The Balaban J connectivity index is 1.97. The third kappa shape index (κ3) is 2.43. The van der Waals surface area contributed by atoms with Crippen LogP contribution in [0.4, 0.5) is 0 Å². The van der Waals surface area contributed by atoms with E-state index in [4.69, 9.17) is 11.6 Å². The molecule has 0 aliphatic carbocycles. The highest BCUT2D eigenvalue weighted by Gasteiger charge is 2.18. The van der Waals surface area contributed by atoms with E-state index < -0.39 is 0 Å². The molecule has 1 heterocycles. The second-order valence-electron chi connectivity index (χ2n) is 3.76. The lowest BCUT2D eigenvalue weighted by molar-refractivity contribution is 1.42. The summed E-state index contributed by atoms with van der Waals surface area (Å²) in [6, 6.07) is 18.0. The van der Waals surface area contributed by atoms with E-state index in [1.165, 1.54) is 5.56 Å². The number of halogens is 1. The Hall–Kier alpha value is -1.29. The summed E-state index contributed by atoms with van der Waals surface area (Å²) in [6.45, 7) is 0. The molecule has 0 fully saturated rings. The van der Waals surface area contributed by atoms with Gasteiger partial charge in [0.2, 0.25) is 0 Å². The van der Waals surface area contributed by atoms with Crippen LogP contribution in [0, 0.1) is 0 Å². The fourth-order valence-electron chi connectivity index (χ4n) is 1.61. The Kier molecular flexibility index (Phi) is 3.37. The first-order chi connectivity index (χ1) is 8.83. The zero-order valence-corrected chi connectivity index (χ0v) is 11.7. The molecule has 0 saturated heterocycles. The standard InChI is InChI=1S/C14H9ClNS2/c15-12-8-6-11(7-9-12)14-16-13(17-18-14)10-4-2-1-3-5-10/h1-9H/q+1. The molecule has 0 N–H and O–H groups in total. The van der Waals surface area contributed by atoms with Crippen molar-refractivity contribution in [3.05, 3.63) is 59.6 Å². The third-order valence-corrected chi connectivity index (χ3v) is 5.02. The molecule has 0 bridgehead atoms. The van der Waals surface area contributed by atoms with Crippen molar-refractivity contribution in [2.24, 2.45) is 0 Å². The lowest BCUT2D eigenvalue weighted by Crippen LogP contribution is -1.78. The minimum atomic E-state index is 0.752. The Morgan fingerprint density at radius 2 is 1.61 bits per heavy atom. The molecule has 4 heteroatoms. The van der Waals surface area contributed by atoms with Crippen LogP contribution in [0.5, 0.6) is 0 Å². The van der Waals surface area contributed by atoms with Crippen LogP contribution in [-0.4, -0.2) is 4.98 Å². The van der Waals surface area contributed by atoms with Gasteiger partial charge in [0.15, 0.2) is 15.3 Å². The highest BCUT2D eigenvalue weighted by Crippen LogP contribution is 2.33. The van der Waals surface area contributed by atoms with Crippen LogP contribution in [0.1, 0.15) is 0 Å². The number of aromatic nitrogens is 1. The van der Waals surface area contributed by atoms with Gasteiger partial charge in [-0.3, -0.25) is 0 Å². The van der Waals surface area contributed by atoms with Gasteiger partial charge >= 0.3 is 15.3 Å². The molecule has 1 nitrogen and oxygen atoms in total. The first-order valence-electron chi connectivity index (χ1n) is 5.44. The van der Waals surface area contributed by atoms with Gasteiger partial charge in [-0.05, 0) is 24.3 Å². The Labute approximate surface area is 118 Å². The smallest absolute Gasteiger partial charge is 0.175 e. The van der Waals surface area contributed by atoms with Gasteiger partial charge in [0, 0.05) is 10.6 Å². The molecule has 0 spiro atoms. The molecular formula is C14H9ClNS2+. The van der Waals surface area contributed by atoms with Gasteiger partial charge in [0.25, 0.3) is 0 Å². The van der Waals surface area contributed by atoms with E-state index >= 15 is 0 Å². The lowest BCUT2D eigenvalue weighted by Gasteiger charge is -1.92. The van der Waals surface area contributed by atoms with Crippen molar-refractivity contribution < 1.29 is 0 Å². The van der Waals surface area contributed by atoms with Crippen LogP contribution in [0.3, 0.4) is 0 Å². The maximum absolute atomic E-state index is 5.89. The van der Waals surface area contributed by atoms with Crippen molar-refractivity contribution in [1.82, 2.24) is 4.98 Å². The molecule has 0 saturated carbocycles. The van der Waals surface area contributed by atoms with Crippen molar-refractivity contribution in [3.8, 4) is 21.1 Å². The monoisotopic (exact) mass is 290 g/mol. The minimum absolute atomic E-state index is 0.752. The molecule has 0 aliphatic heterocycles. The molecular weight excluding hydrogens is 282 g/mol. The van der Waals surface area contributed by atoms with Gasteiger partial charge in [-0.25, -0.2) is 0 Å². The van der Waals surface area contributed by atoms with Crippen LogP contribution in [0.25, 0.3) is 21.1 Å². The maximum Gasteiger partial charge on any atom is 0.348 e. The van der Waals surface area contributed by atoms with E-state index in [0.29, 0.717) is 0 Å². The van der Waals surface area contributed by atoms with Crippen LogP contribution < -0.4 is 0 Å². The summed E-state index contributed by atoms with van der Waals surface area (Å²) >= 11 is 5.89. The zero-order valence-electron chi connectivity index (χ0n) is 9.34. The predicted molar refractivity (Wildman–Crippen MR) is 80.3 cm³/mol. The summed E-state index contributed by atoms with van der Waals surface area (Å²) in [4.78, 5) is 4.67.